The Balaban J connectivity index is 1.42. The van der Waals surface area contributed by atoms with Gasteiger partial charge in [-0.3, -0.25) is 19.3 Å². The maximum Gasteiger partial charge on any atom is 0.262 e. The van der Waals surface area contributed by atoms with E-state index in [4.69, 9.17) is 4.74 Å². The normalized spacial score (nSPS) is 17.9. The molecule has 0 unspecified atom stereocenters. The molecule has 0 aliphatic carbocycles. The Hall–Kier alpha value is -2.21. The van der Waals surface area contributed by atoms with Gasteiger partial charge in [-0.15, -0.1) is 0 Å². The van der Waals surface area contributed by atoms with Crippen LogP contribution in [0.4, 0.5) is 0 Å². The second kappa shape index (κ2) is 7.57. The topological polar surface area (TPSA) is 75.7 Å². The lowest BCUT2D eigenvalue weighted by Gasteiger charge is -2.21. The fraction of sp³-hybridized carbons (Fsp3) is 0.500. The number of benzene rings is 1. The van der Waals surface area contributed by atoms with Gasteiger partial charge in [-0.25, -0.2) is 0 Å². The summed E-state index contributed by atoms with van der Waals surface area (Å²) in [5.41, 5.74) is 0.740. The van der Waals surface area contributed by atoms with E-state index in [0.717, 1.165) is 43.8 Å². The van der Waals surface area contributed by atoms with Crippen molar-refractivity contribution in [1.82, 2.24) is 10.2 Å². The van der Waals surface area contributed by atoms with E-state index in [9.17, 15) is 14.4 Å². The largest absolute Gasteiger partial charge is 0.381 e. The molecule has 1 aromatic rings. The van der Waals surface area contributed by atoms with Crippen LogP contribution < -0.4 is 5.32 Å². The molecular formula is C18H22N2O4. The van der Waals surface area contributed by atoms with Gasteiger partial charge in [0.2, 0.25) is 5.91 Å². The third-order valence-corrected chi connectivity index (χ3v) is 4.63. The van der Waals surface area contributed by atoms with Crippen LogP contribution in [0.15, 0.2) is 24.3 Å². The molecule has 0 saturated carbocycles. The van der Waals surface area contributed by atoms with E-state index in [1.165, 1.54) is 0 Å². The monoisotopic (exact) mass is 330 g/mol. The zero-order chi connectivity index (χ0) is 16.9. The van der Waals surface area contributed by atoms with Crippen LogP contribution in [-0.4, -0.2) is 48.9 Å². The predicted octanol–water partition coefficient (Wildman–Crippen LogP) is 1.61. The number of amides is 3. The quantitative estimate of drug-likeness (QED) is 0.635. The van der Waals surface area contributed by atoms with Crippen LogP contribution in [-0.2, 0) is 9.53 Å². The second-order valence-electron chi connectivity index (χ2n) is 6.29. The number of hydrogen-bond donors (Lipinski definition) is 1. The number of imide groups is 1. The van der Waals surface area contributed by atoms with E-state index in [1.54, 1.807) is 24.3 Å². The molecule has 1 aromatic carbocycles. The first kappa shape index (κ1) is 16.6. The lowest BCUT2D eigenvalue weighted by Crippen LogP contribution is -2.40. The summed E-state index contributed by atoms with van der Waals surface area (Å²) in [5.74, 6) is -0.413. The highest BCUT2D eigenvalue weighted by atomic mass is 16.5. The predicted molar refractivity (Wildman–Crippen MR) is 87.6 cm³/mol. The van der Waals surface area contributed by atoms with E-state index in [2.05, 4.69) is 5.32 Å². The number of nitrogens with zero attached hydrogens (tertiary/aromatic N) is 1. The Morgan fingerprint density at radius 1 is 1.12 bits per heavy atom. The third-order valence-electron chi connectivity index (χ3n) is 4.63. The average molecular weight is 330 g/mol. The van der Waals surface area contributed by atoms with Gasteiger partial charge in [0.05, 0.1) is 11.1 Å². The van der Waals surface area contributed by atoms with Crippen molar-refractivity contribution in [3.8, 4) is 0 Å². The fourth-order valence-corrected chi connectivity index (χ4v) is 3.24. The molecule has 1 fully saturated rings. The number of fused-ring (bicyclic) bond motifs is 1. The summed E-state index contributed by atoms with van der Waals surface area (Å²) < 4.78 is 5.33. The Morgan fingerprint density at radius 3 is 2.38 bits per heavy atom. The zero-order valence-corrected chi connectivity index (χ0v) is 13.6. The third kappa shape index (κ3) is 3.64. The molecule has 2 aliphatic rings. The molecule has 0 atom stereocenters. The highest BCUT2D eigenvalue weighted by Crippen LogP contribution is 2.22. The van der Waals surface area contributed by atoms with Crippen molar-refractivity contribution in [3.05, 3.63) is 35.4 Å². The minimum Gasteiger partial charge on any atom is -0.381 e. The fourth-order valence-electron chi connectivity index (χ4n) is 3.24. The summed E-state index contributed by atoms with van der Waals surface area (Å²) in [4.78, 5) is 37.4. The molecule has 128 valence electrons. The number of carbonyl (C=O) groups excluding carboxylic acids is 3. The van der Waals surface area contributed by atoms with Crippen LogP contribution in [0.3, 0.4) is 0 Å². The summed E-state index contributed by atoms with van der Waals surface area (Å²) in [5, 5.41) is 2.80. The van der Waals surface area contributed by atoms with E-state index in [-0.39, 0.29) is 12.5 Å². The van der Waals surface area contributed by atoms with E-state index < -0.39 is 11.8 Å². The summed E-state index contributed by atoms with van der Waals surface area (Å²) in [6.07, 6.45) is 4.14. The van der Waals surface area contributed by atoms with Crippen LogP contribution in [0.5, 0.6) is 0 Å². The second-order valence-corrected chi connectivity index (χ2v) is 6.29. The summed E-state index contributed by atoms with van der Waals surface area (Å²) >= 11 is 0. The van der Waals surface area contributed by atoms with E-state index in [0.29, 0.717) is 23.6 Å². The van der Waals surface area contributed by atoms with Crippen molar-refractivity contribution in [3.63, 3.8) is 0 Å². The smallest absolute Gasteiger partial charge is 0.262 e. The van der Waals surface area contributed by atoms with Crippen LogP contribution in [0.2, 0.25) is 0 Å². The highest BCUT2D eigenvalue weighted by Gasteiger charge is 2.36. The first-order valence-electron chi connectivity index (χ1n) is 8.46. The maximum absolute atomic E-state index is 12.2. The molecule has 0 radical (unpaired) electrons. The number of carbonyl (C=O) groups is 3. The number of hydrogen-bond acceptors (Lipinski definition) is 4. The van der Waals surface area contributed by atoms with E-state index >= 15 is 0 Å². The Morgan fingerprint density at radius 2 is 1.75 bits per heavy atom. The number of nitrogens with one attached hydrogen (secondary N) is 1. The van der Waals surface area contributed by atoms with Gasteiger partial charge >= 0.3 is 0 Å². The standard InChI is InChI=1S/C18H22N2O4/c21-16(19-9-3-4-13-7-10-24-11-8-13)12-20-17(22)14-5-1-2-6-15(14)18(20)23/h1-2,5-6,13H,3-4,7-12H2,(H,19,21). The first-order chi connectivity index (χ1) is 11.7. The molecule has 0 aromatic heterocycles. The Labute approximate surface area is 141 Å². The molecule has 0 spiro atoms. The van der Waals surface area contributed by atoms with Crippen LogP contribution in [0.1, 0.15) is 46.4 Å². The van der Waals surface area contributed by atoms with Gasteiger partial charge in [0.1, 0.15) is 6.54 Å². The molecule has 6 heteroatoms. The molecule has 3 rings (SSSR count). The minimum absolute atomic E-state index is 0.219. The molecule has 24 heavy (non-hydrogen) atoms. The van der Waals surface area contributed by atoms with Gasteiger partial charge < -0.3 is 10.1 Å². The van der Waals surface area contributed by atoms with Gasteiger partial charge in [0.25, 0.3) is 11.8 Å². The highest BCUT2D eigenvalue weighted by molar-refractivity contribution is 6.22. The van der Waals surface area contributed by atoms with Gasteiger partial charge in [0, 0.05) is 19.8 Å². The van der Waals surface area contributed by atoms with Gasteiger partial charge in [-0.1, -0.05) is 12.1 Å². The minimum atomic E-state index is -0.395. The average Bonchev–Trinajstić information content (AvgIpc) is 2.85. The summed E-state index contributed by atoms with van der Waals surface area (Å²) in [7, 11) is 0. The SMILES string of the molecule is O=C(CN1C(=O)c2ccccc2C1=O)NCCCC1CCOCC1. The molecule has 6 nitrogen and oxygen atoms in total. The van der Waals surface area contributed by atoms with Crippen molar-refractivity contribution < 1.29 is 19.1 Å². The van der Waals surface area contributed by atoms with Crippen LogP contribution in [0.25, 0.3) is 0 Å². The maximum atomic E-state index is 12.2. The number of ether oxygens (including phenoxy) is 1. The van der Waals surface area contributed by atoms with Gasteiger partial charge in [0.15, 0.2) is 0 Å². The van der Waals surface area contributed by atoms with Crippen molar-refractivity contribution in [2.75, 3.05) is 26.3 Å². The molecule has 3 amide bonds. The lowest BCUT2D eigenvalue weighted by molar-refractivity contribution is -0.121. The molecular weight excluding hydrogens is 308 g/mol. The van der Waals surface area contributed by atoms with Crippen molar-refractivity contribution in [1.29, 1.82) is 0 Å². The molecule has 1 saturated heterocycles. The summed E-state index contributed by atoms with van der Waals surface area (Å²) in [6, 6.07) is 6.65. The molecule has 1 N–H and O–H groups in total. The van der Waals surface area contributed by atoms with Crippen molar-refractivity contribution >= 4 is 17.7 Å². The van der Waals surface area contributed by atoms with Gasteiger partial charge in [-0.05, 0) is 43.7 Å². The van der Waals surface area contributed by atoms with Crippen LogP contribution in [0, 0.1) is 5.92 Å². The zero-order valence-electron chi connectivity index (χ0n) is 13.6. The molecule has 2 heterocycles. The number of rotatable bonds is 6. The first-order valence-corrected chi connectivity index (χ1v) is 8.46. The Bertz CT molecular complexity index is 603. The van der Waals surface area contributed by atoms with E-state index in [1.807, 2.05) is 0 Å². The Kier molecular flexibility index (Phi) is 5.25. The van der Waals surface area contributed by atoms with Crippen molar-refractivity contribution in [2.24, 2.45) is 5.92 Å². The lowest BCUT2D eigenvalue weighted by atomic mass is 9.95. The van der Waals surface area contributed by atoms with Crippen LogP contribution >= 0.6 is 0 Å². The van der Waals surface area contributed by atoms with Gasteiger partial charge in [-0.2, -0.15) is 0 Å². The molecule has 2 aliphatic heterocycles. The summed E-state index contributed by atoms with van der Waals surface area (Å²) in [6.45, 7) is 2.01. The molecule has 0 bridgehead atoms. The van der Waals surface area contributed by atoms with Crippen molar-refractivity contribution in [2.45, 2.75) is 25.7 Å².